The van der Waals surface area contributed by atoms with E-state index in [1.165, 1.54) is 18.4 Å². The SMILES string of the molecule is CCCO[C@H](C[C@H](C(C)C)N(CCC)C(=O)[C@@H](CC(=O)[C@H]1CCCCN1C)[C@@H](C)CC)c1nc(C(=O)N[C@@H](Cc2ccc(OCCNC)cc2)C[C@H](C)C(=O)OC)cs1. The molecular formula is C46H75N5O7S. The summed E-state index contributed by atoms with van der Waals surface area (Å²) in [6, 6.07) is 7.11. The quantitative estimate of drug-likeness (QED) is 0.0687. The van der Waals surface area contributed by atoms with E-state index in [4.69, 9.17) is 19.2 Å². The number of hydrogen-bond donors (Lipinski definition) is 2. The predicted molar refractivity (Wildman–Crippen MR) is 236 cm³/mol. The molecule has 2 amide bonds. The molecule has 0 unspecified atom stereocenters. The van der Waals surface area contributed by atoms with E-state index in [-0.39, 0.29) is 65.6 Å². The highest BCUT2D eigenvalue weighted by Crippen LogP contribution is 2.34. The second-order valence-corrected chi connectivity index (χ2v) is 17.7. The molecule has 1 aromatic carbocycles. The molecule has 0 aliphatic carbocycles. The fraction of sp³-hybridized carbons (Fsp3) is 0.717. The Morgan fingerprint density at radius 1 is 1.00 bits per heavy atom. The minimum atomic E-state index is -0.440. The number of likely N-dealkylation sites (N-methyl/N-ethyl adjacent to an activating group) is 2. The average molecular weight is 842 g/mol. The van der Waals surface area contributed by atoms with Crippen LogP contribution in [0, 0.1) is 23.7 Å². The van der Waals surface area contributed by atoms with Crippen LogP contribution < -0.4 is 15.4 Å². The Morgan fingerprint density at radius 2 is 1.73 bits per heavy atom. The fourth-order valence-corrected chi connectivity index (χ4v) is 8.88. The number of nitrogens with zero attached hydrogens (tertiary/aromatic N) is 3. The number of nitrogens with one attached hydrogen (secondary N) is 2. The molecule has 12 nitrogen and oxygen atoms in total. The molecule has 1 aliphatic rings. The van der Waals surface area contributed by atoms with Crippen molar-refractivity contribution in [2.75, 3.05) is 54.1 Å². The van der Waals surface area contributed by atoms with E-state index in [0.29, 0.717) is 44.0 Å². The van der Waals surface area contributed by atoms with Crippen molar-refractivity contribution in [2.24, 2.45) is 23.7 Å². The first-order valence-corrected chi connectivity index (χ1v) is 23.0. The highest BCUT2D eigenvalue weighted by atomic mass is 32.1. The summed E-state index contributed by atoms with van der Waals surface area (Å²) in [6.45, 7) is 17.7. The molecule has 1 fully saturated rings. The lowest BCUT2D eigenvalue weighted by Gasteiger charge is -2.40. The van der Waals surface area contributed by atoms with Crippen molar-refractivity contribution in [3.8, 4) is 5.75 Å². The minimum absolute atomic E-state index is 0.0448. The van der Waals surface area contributed by atoms with Gasteiger partial charge in [0, 0.05) is 55.9 Å². The molecule has 0 saturated carbocycles. The summed E-state index contributed by atoms with van der Waals surface area (Å²) in [5.74, 6) is -0.355. The van der Waals surface area contributed by atoms with Crippen LogP contribution >= 0.6 is 11.3 Å². The Morgan fingerprint density at radius 3 is 2.34 bits per heavy atom. The Balaban J connectivity index is 1.86. The summed E-state index contributed by atoms with van der Waals surface area (Å²) in [7, 11) is 5.27. The van der Waals surface area contributed by atoms with Crippen molar-refractivity contribution in [1.29, 1.82) is 0 Å². The Labute approximate surface area is 358 Å². The number of carbonyl (C=O) groups is 4. The van der Waals surface area contributed by atoms with Gasteiger partial charge in [0.05, 0.1) is 19.1 Å². The van der Waals surface area contributed by atoms with Gasteiger partial charge in [0.2, 0.25) is 5.91 Å². The molecule has 1 aromatic heterocycles. The number of amides is 2. The summed E-state index contributed by atoms with van der Waals surface area (Å²) in [4.78, 5) is 63.9. The van der Waals surface area contributed by atoms with Crippen molar-refractivity contribution in [3.05, 3.63) is 45.9 Å². The van der Waals surface area contributed by atoms with Crippen molar-refractivity contribution in [2.45, 2.75) is 137 Å². The number of ketones is 1. The van der Waals surface area contributed by atoms with Gasteiger partial charge < -0.3 is 29.7 Å². The van der Waals surface area contributed by atoms with E-state index in [0.717, 1.165) is 62.9 Å². The molecular weight excluding hydrogens is 767 g/mol. The number of hydrogen-bond acceptors (Lipinski definition) is 11. The lowest BCUT2D eigenvalue weighted by Crippen LogP contribution is -2.50. The van der Waals surface area contributed by atoms with Crippen LogP contribution in [0.4, 0.5) is 0 Å². The van der Waals surface area contributed by atoms with Gasteiger partial charge in [0.1, 0.15) is 29.2 Å². The molecule has 2 N–H and O–H groups in total. The van der Waals surface area contributed by atoms with Gasteiger partial charge >= 0.3 is 5.97 Å². The van der Waals surface area contributed by atoms with Crippen molar-refractivity contribution < 1.29 is 33.4 Å². The van der Waals surface area contributed by atoms with Crippen molar-refractivity contribution in [3.63, 3.8) is 0 Å². The Hall–Kier alpha value is -3.39. The number of carbonyl (C=O) groups excluding carboxylic acids is 4. The molecule has 0 spiro atoms. The summed E-state index contributed by atoms with van der Waals surface area (Å²) in [5, 5.41) is 8.66. The van der Waals surface area contributed by atoms with Gasteiger partial charge in [-0.15, -0.1) is 11.3 Å². The van der Waals surface area contributed by atoms with Gasteiger partial charge in [-0.1, -0.05) is 73.4 Å². The van der Waals surface area contributed by atoms with Gasteiger partial charge in [0.25, 0.3) is 5.91 Å². The molecule has 13 heteroatoms. The maximum atomic E-state index is 14.8. The number of methoxy groups -OCH3 is 1. The van der Waals surface area contributed by atoms with Crippen molar-refractivity contribution in [1.82, 2.24) is 25.4 Å². The van der Waals surface area contributed by atoms with E-state index in [9.17, 15) is 19.2 Å². The first kappa shape index (κ1) is 50.0. The zero-order valence-electron chi connectivity index (χ0n) is 37.7. The van der Waals surface area contributed by atoms with Crippen LogP contribution in [-0.4, -0.2) is 111 Å². The van der Waals surface area contributed by atoms with Crippen LogP contribution in [-0.2, 0) is 30.3 Å². The molecule has 332 valence electrons. The topological polar surface area (TPSA) is 139 Å². The lowest BCUT2D eigenvalue weighted by atomic mass is 9.82. The number of aromatic nitrogens is 1. The minimum Gasteiger partial charge on any atom is -0.492 e. The van der Waals surface area contributed by atoms with Gasteiger partial charge in [-0.05, 0) is 88.7 Å². The highest BCUT2D eigenvalue weighted by Gasteiger charge is 2.38. The molecule has 2 heterocycles. The van der Waals surface area contributed by atoms with Gasteiger partial charge in [-0.25, -0.2) is 4.98 Å². The number of benzene rings is 1. The maximum absolute atomic E-state index is 14.8. The number of likely N-dealkylation sites (tertiary alicyclic amines) is 1. The van der Waals surface area contributed by atoms with E-state index >= 15 is 0 Å². The van der Waals surface area contributed by atoms with E-state index in [2.05, 4.69) is 57.1 Å². The number of piperidine rings is 1. The monoisotopic (exact) mass is 842 g/mol. The third kappa shape index (κ3) is 15.5. The van der Waals surface area contributed by atoms with Crippen molar-refractivity contribution >= 4 is 34.9 Å². The average Bonchev–Trinajstić information content (AvgIpc) is 3.72. The highest BCUT2D eigenvalue weighted by molar-refractivity contribution is 7.09. The summed E-state index contributed by atoms with van der Waals surface area (Å²) in [5.41, 5.74) is 1.28. The maximum Gasteiger partial charge on any atom is 0.308 e. The third-order valence-electron chi connectivity index (χ3n) is 11.7. The number of rotatable bonds is 27. The number of esters is 1. The van der Waals surface area contributed by atoms with Gasteiger partial charge in [-0.3, -0.25) is 24.1 Å². The largest absolute Gasteiger partial charge is 0.492 e. The zero-order valence-corrected chi connectivity index (χ0v) is 38.5. The predicted octanol–water partition coefficient (Wildman–Crippen LogP) is 7.51. The molecule has 3 rings (SSSR count). The van der Waals surface area contributed by atoms with Crippen LogP contribution in [0.3, 0.4) is 0 Å². The smallest absolute Gasteiger partial charge is 0.308 e. The lowest BCUT2D eigenvalue weighted by molar-refractivity contribution is -0.145. The second kappa shape index (κ2) is 26.1. The normalized spacial score (nSPS) is 17.7. The fourth-order valence-electron chi connectivity index (χ4n) is 8.02. The van der Waals surface area contributed by atoms with Crippen LogP contribution in [0.1, 0.15) is 133 Å². The summed E-state index contributed by atoms with van der Waals surface area (Å²) >= 11 is 1.38. The Bertz CT molecular complexity index is 1570. The third-order valence-corrected chi connectivity index (χ3v) is 12.7. The van der Waals surface area contributed by atoms with E-state index < -0.39 is 17.9 Å². The standard InChI is InChI=1S/C46H75N5O7S/c1-11-22-51(45(54)37(32(6)13-3)28-41(52)39-16-14-15-23-50(39)9)40(31(4)5)29-42(58-24-12-2)44-49-38(30-59-44)43(53)48-35(26-33(7)46(55)56-10)27-34-17-19-36(20-18-34)57-25-21-47-8/h17-20,30-33,35,37,39-40,42,47H,11-16,21-29H2,1-10H3,(H,48,53)/t32-,33-,35+,37-,39+,40+,42+/m0/s1. The zero-order chi connectivity index (χ0) is 43.5. The number of ether oxygens (including phenoxy) is 3. The molecule has 0 bridgehead atoms. The van der Waals surface area contributed by atoms with E-state index in [1.54, 1.807) is 12.3 Å². The van der Waals surface area contributed by atoms with Crippen LogP contribution in [0.5, 0.6) is 5.75 Å². The van der Waals surface area contributed by atoms with Crippen LogP contribution in [0.2, 0.25) is 0 Å². The van der Waals surface area contributed by atoms with Crippen LogP contribution in [0.25, 0.3) is 0 Å². The molecule has 2 aromatic rings. The van der Waals surface area contributed by atoms with Crippen LogP contribution in [0.15, 0.2) is 29.6 Å². The van der Waals surface area contributed by atoms with Gasteiger partial charge in [0.15, 0.2) is 5.78 Å². The first-order chi connectivity index (χ1) is 28.3. The molecule has 59 heavy (non-hydrogen) atoms. The molecule has 1 aliphatic heterocycles. The molecule has 7 atom stereocenters. The summed E-state index contributed by atoms with van der Waals surface area (Å²) in [6.07, 6.45) is 6.60. The first-order valence-electron chi connectivity index (χ1n) is 22.1. The van der Waals surface area contributed by atoms with Gasteiger partial charge in [-0.2, -0.15) is 0 Å². The summed E-state index contributed by atoms with van der Waals surface area (Å²) < 4.78 is 17.3. The number of thiazole rings is 1. The second-order valence-electron chi connectivity index (χ2n) is 16.8. The van der Waals surface area contributed by atoms with E-state index in [1.807, 2.05) is 43.3 Å². The molecule has 1 saturated heterocycles. The number of Topliss-reactive ketones (excluding diaryl/α,β-unsaturated/α-hetero) is 1. The Kier molecular flexibility index (Phi) is 22.1. The molecule has 0 radical (unpaired) electrons.